The lowest BCUT2D eigenvalue weighted by Gasteiger charge is -2.35. The summed E-state index contributed by atoms with van der Waals surface area (Å²) in [4.78, 5) is 9.71. The summed E-state index contributed by atoms with van der Waals surface area (Å²) < 4.78 is 0. The molecule has 2 aromatic carbocycles. The van der Waals surface area contributed by atoms with Gasteiger partial charge in [-0.05, 0) is 29.7 Å². The summed E-state index contributed by atoms with van der Waals surface area (Å²) in [5.74, 6) is 0. The number of aromatic nitrogens is 1. The van der Waals surface area contributed by atoms with Crippen molar-refractivity contribution in [2.45, 2.75) is 20.0 Å². The average molecular weight is 331 g/mol. The van der Waals surface area contributed by atoms with Crippen LogP contribution >= 0.6 is 0 Å². The number of piperazine rings is 1. The van der Waals surface area contributed by atoms with Crippen LogP contribution in [0.25, 0.3) is 10.9 Å². The van der Waals surface area contributed by atoms with E-state index in [2.05, 4.69) is 70.2 Å². The lowest BCUT2D eigenvalue weighted by atomic mass is 10.1. The van der Waals surface area contributed by atoms with Crippen LogP contribution in [0.2, 0.25) is 0 Å². The van der Waals surface area contributed by atoms with E-state index in [9.17, 15) is 0 Å². The highest BCUT2D eigenvalue weighted by Crippen LogP contribution is 2.19. The summed E-state index contributed by atoms with van der Waals surface area (Å²) in [5.41, 5.74) is 5.33. The highest BCUT2D eigenvalue weighted by molar-refractivity contribution is 5.81. The number of para-hydroxylation sites is 1. The average Bonchev–Trinajstić information content (AvgIpc) is 2.65. The van der Waals surface area contributed by atoms with E-state index in [-0.39, 0.29) is 0 Å². The van der Waals surface area contributed by atoms with E-state index in [1.165, 1.54) is 22.1 Å². The molecule has 1 aliphatic heterocycles. The molecule has 0 saturated carbocycles. The third-order valence-corrected chi connectivity index (χ3v) is 5.23. The maximum atomic E-state index is 4.59. The van der Waals surface area contributed by atoms with Gasteiger partial charge in [-0.2, -0.15) is 0 Å². The van der Waals surface area contributed by atoms with E-state index in [1.807, 2.05) is 12.3 Å². The van der Waals surface area contributed by atoms with Gasteiger partial charge >= 0.3 is 0 Å². The van der Waals surface area contributed by atoms with Gasteiger partial charge in [0, 0.05) is 50.9 Å². The Bertz CT molecular complexity index is 845. The third kappa shape index (κ3) is 3.73. The van der Waals surface area contributed by atoms with Crippen LogP contribution in [0.3, 0.4) is 0 Å². The Kier molecular flexibility index (Phi) is 4.77. The van der Waals surface area contributed by atoms with Gasteiger partial charge in [-0.25, -0.2) is 0 Å². The van der Waals surface area contributed by atoms with Gasteiger partial charge in [-0.3, -0.25) is 14.8 Å². The molecule has 128 valence electrons. The third-order valence-electron chi connectivity index (χ3n) is 5.23. The van der Waals surface area contributed by atoms with Gasteiger partial charge in [0.05, 0.1) is 5.52 Å². The van der Waals surface area contributed by atoms with Crippen LogP contribution in [-0.2, 0) is 13.1 Å². The quantitative estimate of drug-likeness (QED) is 0.724. The van der Waals surface area contributed by atoms with Crippen molar-refractivity contribution in [2.75, 3.05) is 26.2 Å². The molecule has 1 fully saturated rings. The molecule has 0 atom stereocenters. The van der Waals surface area contributed by atoms with Crippen LogP contribution < -0.4 is 0 Å². The van der Waals surface area contributed by atoms with Gasteiger partial charge in [0.25, 0.3) is 0 Å². The molecule has 4 rings (SSSR count). The molecule has 0 spiro atoms. The van der Waals surface area contributed by atoms with Crippen molar-refractivity contribution < 1.29 is 0 Å². The summed E-state index contributed by atoms with van der Waals surface area (Å²) in [5, 5.41) is 1.23. The van der Waals surface area contributed by atoms with Gasteiger partial charge in [0.2, 0.25) is 0 Å². The monoisotopic (exact) mass is 331 g/mol. The minimum absolute atomic E-state index is 0.993. The summed E-state index contributed by atoms with van der Waals surface area (Å²) >= 11 is 0. The molecule has 3 heteroatoms. The molecule has 1 aliphatic rings. The second kappa shape index (κ2) is 7.34. The van der Waals surface area contributed by atoms with Crippen molar-refractivity contribution >= 4 is 10.9 Å². The number of benzene rings is 2. The number of pyridine rings is 1. The number of fused-ring (bicyclic) bond motifs is 1. The van der Waals surface area contributed by atoms with E-state index in [0.717, 1.165) is 44.8 Å². The Balaban J connectivity index is 1.38. The minimum Gasteiger partial charge on any atom is -0.297 e. The zero-order chi connectivity index (χ0) is 17.1. The van der Waals surface area contributed by atoms with Crippen LogP contribution in [0.1, 0.15) is 16.7 Å². The van der Waals surface area contributed by atoms with E-state index in [1.54, 1.807) is 0 Å². The van der Waals surface area contributed by atoms with Gasteiger partial charge < -0.3 is 0 Å². The van der Waals surface area contributed by atoms with Gasteiger partial charge in [-0.1, -0.05) is 48.5 Å². The van der Waals surface area contributed by atoms with E-state index in [4.69, 9.17) is 0 Å². The Morgan fingerprint density at radius 3 is 2.16 bits per heavy atom. The van der Waals surface area contributed by atoms with Gasteiger partial charge in [0.15, 0.2) is 0 Å². The molecule has 0 radical (unpaired) electrons. The van der Waals surface area contributed by atoms with Crippen LogP contribution in [0.4, 0.5) is 0 Å². The summed E-state index contributed by atoms with van der Waals surface area (Å²) in [6.07, 6.45) is 1.89. The smallest absolute Gasteiger partial charge is 0.0746 e. The topological polar surface area (TPSA) is 19.4 Å². The van der Waals surface area contributed by atoms with Gasteiger partial charge in [-0.15, -0.1) is 0 Å². The van der Waals surface area contributed by atoms with E-state index >= 15 is 0 Å². The van der Waals surface area contributed by atoms with Crippen LogP contribution in [-0.4, -0.2) is 41.0 Å². The first-order chi connectivity index (χ1) is 12.3. The highest BCUT2D eigenvalue weighted by Gasteiger charge is 2.18. The fourth-order valence-electron chi connectivity index (χ4n) is 3.67. The molecule has 0 N–H and O–H groups in total. The molecule has 2 heterocycles. The lowest BCUT2D eigenvalue weighted by Crippen LogP contribution is -2.45. The van der Waals surface area contributed by atoms with Crippen molar-refractivity contribution in [3.8, 4) is 0 Å². The molecule has 0 bridgehead atoms. The minimum atomic E-state index is 0.993. The molecule has 0 aliphatic carbocycles. The Morgan fingerprint density at radius 2 is 1.40 bits per heavy atom. The molecule has 1 saturated heterocycles. The molecule has 0 amide bonds. The number of nitrogens with zero attached hydrogens (tertiary/aromatic N) is 3. The maximum absolute atomic E-state index is 4.59. The first-order valence-electron chi connectivity index (χ1n) is 9.11. The Hall–Kier alpha value is -2.23. The maximum Gasteiger partial charge on any atom is 0.0746 e. The fourth-order valence-corrected chi connectivity index (χ4v) is 3.67. The SMILES string of the molecule is Cc1ccccc1CN1CCN(Cc2cccc3cccnc23)CC1. The lowest BCUT2D eigenvalue weighted by molar-refractivity contribution is 0.122. The number of hydrogen-bond acceptors (Lipinski definition) is 3. The van der Waals surface area contributed by atoms with Crippen molar-refractivity contribution in [1.82, 2.24) is 14.8 Å². The van der Waals surface area contributed by atoms with Crippen molar-refractivity contribution in [2.24, 2.45) is 0 Å². The summed E-state index contributed by atoms with van der Waals surface area (Å²) in [6, 6.07) is 19.4. The van der Waals surface area contributed by atoms with E-state index < -0.39 is 0 Å². The fraction of sp³-hybridized carbons (Fsp3) is 0.318. The second-order valence-corrected chi connectivity index (χ2v) is 6.97. The zero-order valence-corrected chi connectivity index (χ0v) is 14.9. The zero-order valence-electron chi connectivity index (χ0n) is 14.9. The molecule has 0 unspecified atom stereocenters. The molecular weight excluding hydrogens is 306 g/mol. The molecule has 25 heavy (non-hydrogen) atoms. The number of rotatable bonds is 4. The van der Waals surface area contributed by atoms with Crippen molar-refractivity contribution in [1.29, 1.82) is 0 Å². The van der Waals surface area contributed by atoms with E-state index in [0.29, 0.717) is 0 Å². The molecule has 1 aromatic heterocycles. The van der Waals surface area contributed by atoms with Gasteiger partial charge in [0.1, 0.15) is 0 Å². The standard InChI is InChI=1S/C22H25N3/c1-18-6-2-3-7-20(18)16-24-12-14-25(15-13-24)17-21-9-4-8-19-10-5-11-23-22(19)21/h2-11H,12-17H2,1H3. The molecular formula is C22H25N3. The Morgan fingerprint density at radius 1 is 0.760 bits per heavy atom. The predicted molar refractivity (Wildman–Crippen MR) is 103 cm³/mol. The predicted octanol–water partition coefficient (Wildman–Crippen LogP) is 3.86. The largest absolute Gasteiger partial charge is 0.297 e. The number of aryl methyl sites for hydroxylation is 1. The molecule has 3 aromatic rings. The van der Waals surface area contributed by atoms with Crippen molar-refractivity contribution in [3.63, 3.8) is 0 Å². The Labute approximate surface area is 149 Å². The first-order valence-corrected chi connectivity index (χ1v) is 9.11. The molecule has 3 nitrogen and oxygen atoms in total. The van der Waals surface area contributed by atoms with Crippen LogP contribution in [0.15, 0.2) is 60.8 Å². The normalized spacial score (nSPS) is 16.4. The highest BCUT2D eigenvalue weighted by atomic mass is 15.3. The number of hydrogen-bond donors (Lipinski definition) is 0. The van der Waals surface area contributed by atoms with Crippen LogP contribution in [0.5, 0.6) is 0 Å². The summed E-state index contributed by atoms with van der Waals surface area (Å²) in [6.45, 7) is 8.77. The van der Waals surface area contributed by atoms with Crippen molar-refractivity contribution in [3.05, 3.63) is 77.5 Å². The summed E-state index contributed by atoms with van der Waals surface area (Å²) in [7, 11) is 0. The first kappa shape index (κ1) is 16.2. The second-order valence-electron chi connectivity index (χ2n) is 6.97. The van der Waals surface area contributed by atoms with Crippen LogP contribution in [0, 0.1) is 6.92 Å².